The molecule has 0 spiro atoms. The Morgan fingerprint density at radius 2 is 1.92 bits per heavy atom. The van der Waals surface area contributed by atoms with Crippen molar-refractivity contribution >= 4 is 16.9 Å². The molecule has 0 fully saturated rings. The Morgan fingerprint density at radius 1 is 1.15 bits per heavy atom. The summed E-state index contributed by atoms with van der Waals surface area (Å²) in [4.78, 5) is 16.8. The van der Waals surface area contributed by atoms with E-state index >= 15 is 0 Å². The molecule has 3 rings (SSSR count). The molecule has 0 aliphatic rings. The molecule has 0 atom stereocenters. The van der Waals surface area contributed by atoms with Gasteiger partial charge in [0.05, 0.1) is 24.6 Å². The lowest BCUT2D eigenvalue weighted by molar-refractivity contribution is -0.120. The molecule has 0 aliphatic carbocycles. The van der Waals surface area contributed by atoms with Crippen LogP contribution in [0.4, 0.5) is 0 Å². The molecule has 3 aromatic rings. The van der Waals surface area contributed by atoms with Crippen LogP contribution in [0.15, 0.2) is 48.5 Å². The largest absolute Gasteiger partial charge is 0.497 e. The molecule has 1 amide bonds. The molecule has 0 bridgehead atoms. The van der Waals surface area contributed by atoms with Crippen molar-refractivity contribution in [1.82, 2.24) is 14.9 Å². The fourth-order valence-corrected chi connectivity index (χ4v) is 3.13. The number of hydrogen-bond acceptors (Lipinski definition) is 3. The average molecular weight is 351 g/mol. The minimum absolute atomic E-state index is 0.0409. The number of methoxy groups -OCH3 is 1. The van der Waals surface area contributed by atoms with E-state index in [9.17, 15) is 4.79 Å². The molecule has 2 aromatic carbocycles. The van der Waals surface area contributed by atoms with E-state index in [2.05, 4.69) is 22.9 Å². The molecule has 0 saturated carbocycles. The fourth-order valence-electron chi connectivity index (χ4n) is 3.13. The smallest absolute Gasteiger partial charge is 0.224 e. The van der Waals surface area contributed by atoms with Crippen LogP contribution in [0.5, 0.6) is 5.75 Å². The zero-order valence-electron chi connectivity index (χ0n) is 15.4. The second-order valence-corrected chi connectivity index (χ2v) is 6.24. The number of aromatic nitrogens is 2. The Balaban J connectivity index is 1.48. The number of fused-ring (bicyclic) bond motifs is 1. The Kier molecular flexibility index (Phi) is 5.89. The number of aryl methyl sites for hydroxylation is 2. The lowest BCUT2D eigenvalue weighted by Crippen LogP contribution is -2.26. The topological polar surface area (TPSA) is 56.2 Å². The van der Waals surface area contributed by atoms with Crippen LogP contribution < -0.4 is 10.1 Å². The van der Waals surface area contributed by atoms with E-state index in [1.165, 1.54) is 5.52 Å². The first-order valence-corrected chi connectivity index (χ1v) is 9.05. The lowest BCUT2D eigenvalue weighted by atomic mass is 10.1. The molecule has 5 nitrogen and oxygen atoms in total. The number of para-hydroxylation sites is 2. The van der Waals surface area contributed by atoms with Crippen LogP contribution in [-0.2, 0) is 24.2 Å². The van der Waals surface area contributed by atoms with Gasteiger partial charge in [0.25, 0.3) is 0 Å². The van der Waals surface area contributed by atoms with Gasteiger partial charge in [-0.05, 0) is 43.2 Å². The number of hydrogen-bond donors (Lipinski definition) is 1. The number of rotatable bonds is 8. The Bertz CT molecular complexity index is 869. The highest BCUT2D eigenvalue weighted by Gasteiger charge is 2.09. The van der Waals surface area contributed by atoms with Crippen molar-refractivity contribution in [3.63, 3.8) is 0 Å². The highest BCUT2D eigenvalue weighted by molar-refractivity contribution is 5.78. The monoisotopic (exact) mass is 351 g/mol. The Labute approximate surface area is 154 Å². The number of carbonyl (C=O) groups is 1. The van der Waals surface area contributed by atoms with Crippen LogP contribution in [0.25, 0.3) is 11.0 Å². The number of benzene rings is 2. The SMILES string of the molecule is CCn1c(CCCNC(=O)Cc2ccc(OC)cc2)nc2ccccc21. The van der Waals surface area contributed by atoms with Crippen LogP contribution >= 0.6 is 0 Å². The molecular weight excluding hydrogens is 326 g/mol. The van der Waals surface area contributed by atoms with E-state index in [0.29, 0.717) is 13.0 Å². The number of imidazole rings is 1. The number of carbonyl (C=O) groups excluding carboxylic acids is 1. The minimum atomic E-state index is 0.0409. The highest BCUT2D eigenvalue weighted by Crippen LogP contribution is 2.17. The second-order valence-electron chi connectivity index (χ2n) is 6.24. The predicted molar refractivity (Wildman–Crippen MR) is 103 cm³/mol. The van der Waals surface area contributed by atoms with Gasteiger partial charge in [-0.2, -0.15) is 0 Å². The molecule has 0 unspecified atom stereocenters. The van der Waals surface area contributed by atoms with Gasteiger partial charge in [-0.1, -0.05) is 24.3 Å². The maximum absolute atomic E-state index is 12.1. The van der Waals surface area contributed by atoms with E-state index < -0.39 is 0 Å². The molecule has 136 valence electrons. The first-order chi connectivity index (χ1) is 12.7. The minimum Gasteiger partial charge on any atom is -0.497 e. The molecule has 0 radical (unpaired) electrons. The van der Waals surface area contributed by atoms with Crippen molar-refractivity contribution in [3.8, 4) is 5.75 Å². The highest BCUT2D eigenvalue weighted by atomic mass is 16.5. The Morgan fingerprint density at radius 3 is 2.65 bits per heavy atom. The summed E-state index contributed by atoms with van der Waals surface area (Å²) in [7, 11) is 1.63. The van der Waals surface area contributed by atoms with Crippen molar-refractivity contribution in [2.75, 3.05) is 13.7 Å². The van der Waals surface area contributed by atoms with Gasteiger partial charge in [0, 0.05) is 19.5 Å². The third-order valence-electron chi connectivity index (χ3n) is 4.47. The quantitative estimate of drug-likeness (QED) is 0.633. The Hall–Kier alpha value is -2.82. The summed E-state index contributed by atoms with van der Waals surface area (Å²) in [6, 6.07) is 15.8. The van der Waals surface area contributed by atoms with E-state index in [1.807, 2.05) is 42.5 Å². The second kappa shape index (κ2) is 8.52. The molecule has 0 saturated heterocycles. The van der Waals surface area contributed by atoms with Crippen LogP contribution in [0.2, 0.25) is 0 Å². The summed E-state index contributed by atoms with van der Waals surface area (Å²) in [5.41, 5.74) is 3.19. The predicted octanol–water partition coefficient (Wildman–Crippen LogP) is 3.36. The number of ether oxygens (including phenoxy) is 1. The van der Waals surface area contributed by atoms with E-state index in [0.717, 1.165) is 42.0 Å². The van der Waals surface area contributed by atoms with Crippen LogP contribution in [0, 0.1) is 0 Å². The standard InChI is InChI=1S/C21H25N3O2/c1-3-24-19-8-5-4-7-18(19)23-20(24)9-6-14-22-21(25)15-16-10-12-17(26-2)13-11-16/h4-5,7-8,10-13H,3,6,9,14-15H2,1-2H3,(H,22,25). The molecular formula is C21H25N3O2. The summed E-state index contributed by atoms with van der Waals surface area (Å²) < 4.78 is 7.37. The number of nitrogens with zero attached hydrogens (tertiary/aromatic N) is 2. The summed E-state index contributed by atoms with van der Waals surface area (Å²) >= 11 is 0. The molecule has 0 aliphatic heterocycles. The van der Waals surface area contributed by atoms with E-state index in [1.54, 1.807) is 7.11 Å². The van der Waals surface area contributed by atoms with Crippen molar-refractivity contribution < 1.29 is 9.53 Å². The summed E-state index contributed by atoms with van der Waals surface area (Å²) in [6.45, 7) is 3.69. The maximum Gasteiger partial charge on any atom is 0.224 e. The van der Waals surface area contributed by atoms with E-state index in [4.69, 9.17) is 9.72 Å². The fraction of sp³-hybridized carbons (Fsp3) is 0.333. The number of nitrogens with one attached hydrogen (secondary N) is 1. The summed E-state index contributed by atoms with van der Waals surface area (Å²) in [6.07, 6.45) is 2.11. The molecule has 1 N–H and O–H groups in total. The summed E-state index contributed by atoms with van der Waals surface area (Å²) in [5.74, 6) is 1.92. The molecule has 1 heterocycles. The van der Waals surface area contributed by atoms with Crippen LogP contribution in [-0.4, -0.2) is 29.1 Å². The third-order valence-corrected chi connectivity index (χ3v) is 4.47. The van der Waals surface area contributed by atoms with Crippen LogP contribution in [0.1, 0.15) is 24.7 Å². The van der Waals surface area contributed by atoms with Crippen molar-refractivity contribution in [2.24, 2.45) is 0 Å². The van der Waals surface area contributed by atoms with Crippen molar-refractivity contribution in [3.05, 3.63) is 59.9 Å². The molecule has 26 heavy (non-hydrogen) atoms. The van der Waals surface area contributed by atoms with Gasteiger partial charge in [0.15, 0.2) is 0 Å². The van der Waals surface area contributed by atoms with Gasteiger partial charge in [-0.3, -0.25) is 4.79 Å². The van der Waals surface area contributed by atoms with Crippen molar-refractivity contribution in [2.45, 2.75) is 32.7 Å². The molecule has 1 aromatic heterocycles. The van der Waals surface area contributed by atoms with Crippen LogP contribution in [0.3, 0.4) is 0 Å². The third kappa shape index (κ3) is 4.23. The van der Waals surface area contributed by atoms with Gasteiger partial charge >= 0.3 is 0 Å². The van der Waals surface area contributed by atoms with Gasteiger partial charge in [0.2, 0.25) is 5.91 Å². The number of amides is 1. The zero-order chi connectivity index (χ0) is 18.4. The molecule has 5 heteroatoms. The van der Waals surface area contributed by atoms with Gasteiger partial charge in [0.1, 0.15) is 11.6 Å². The van der Waals surface area contributed by atoms with Gasteiger partial charge in [-0.25, -0.2) is 4.98 Å². The zero-order valence-corrected chi connectivity index (χ0v) is 15.4. The normalized spacial score (nSPS) is 10.8. The van der Waals surface area contributed by atoms with Crippen molar-refractivity contribution in [1.29, 1.82) is 0 Å². The first kappa shape index (κ1) is 18.0. The maximum atomic E-state index is 12.1. The van der Waals surface area contributed by atoms with Gasteiger partial charge in [-0.15, -0.1) is 0 Å². The summed E-state index contributed by atoms with van der Waals surface area (Å²) in [5, 5.41) is 2.99. The van der Waals surface area contributed by atoms with E-state index in [-0.39, 0.29) is 5.91 Å². The first-order valence-electron chi connectivity index (χ1n) is 9.05. The lowest BCUT2D eigenvalue weighted by Gasteiger charge is -2.08. The van der Waals surface area contributed by atoms with Gasteiger partial charge < -0.3 is 14.6 Å². The average Bonchev–Trinajstić information content (AvgIpc) is 3.03.